The molecule has 0 saturated carbocycles. The van der Waals surface area contributed by atoms with Crippen LogP contribution in [0.25, 0.3) is 0 Å². The van der Waals surface area contributed by atoms with E-state index in [0.717, 1.165) is 109 Å². The number of hydrogen-bond acceptors (Lipinski definition) is 18. The number of pyridine rings is 2. The molecule has 18 nitrogen and oxygen atoms in total. The van der Waals surface area contributed by atoms with E-state index in [1.54, 1.807) is 61.7 Å². The van der Waals surface area contributed by atoms with Gasteiger partial charge in [0.1, 0.15) is 23.3 Å². The summed E-state index contributed by atoms with van der Waals surface area (Å²) in [5.74, 6) is 3.27. The number of nitrogens with zero attached hydrogens (tertiary/aromatic N) is 18. The molecule has 0 atom stereocenters. The Labute approximate surface area is 559 Å². The minimum Gasteiger partial charge on any atom is -0.508 e. The predicted octanol–water partition coefficient (Wildman–Crippen LogP) is 12.7. The first kappa shape index (κ1) is 65.6. The third-order valence-corrected chi connectivity index (χ3v) is 15.2. The van der Waals surface area contributed by atoms with Gasteiger partial charge in [0.25, 0.3) is 0 Å². The molecule has 0 spiro atoms. The smallest absolute Gasteiger partial charge is 0.144 e. The van der Waals surface area contributed by atoms with Crippen LogP contribution in [0.5, 0.6) is 0 Å². The fourth-order valence-corrected chi connectivity index (χ4v) is 10.3. The SMILES string of the molecule is CC1=C(C)N(c2[c-]cccc2)[CH-]N1CCCCN1[CH-]N(c2[c-]cccc2)C(C)=C1C.CN1[CH-]N(c2[c-]ccnc2)c2nccnc21.CN1[CH-]N(c2[c-]ccnc2)c2nccnc21.[Ir].[Ir].[c-]1ccccc1N1C=CN(CCCCN2C=CN(c3[c-]cccc3)[CH-]2)[CH-]1. The Kier molecular flexibility index (Phi) is 23.4. The number of unbranched alkanes of at least 4 members (excludes halogenated alkanes) is 2. The van der Waals surface area contributed by atoms with E-state index in [9.17, 15) is 0 Å². The molecule has 0 bridgehead atoms. The van der Waals surface area contributed by atoms with E-state index in [1.807, 2.05) is 108 Å². The zero-order valence-corrected chi connectivity index (χ0v) is 55.9. The maximum atomic E-state index is 4.31. The van der Waals surface area contributed by atoms with Crippen molar-refractivity contribution in [3.8, 4) is 0 Å². The molecule has 0 fully saturated rings. The molecule has 0 unspecified atom stereocenters. The van der Waals surface area contributed by atoms with Crippen LogP contribution in [-0.2, 0) is 40.2 Å². The first-order chi connectivity index (χ1) is 43.2. The Balaban J connectivity index is 0.000000146. The van der Waals surface area contributed by atoms with Crippen LogP contribution in [-0.4, -0.2) is 89.8 Å². The minimum absolute atomic E-state index is 0. The molecule has 6 aliphatic heterocycles. The fraction of sp³-hybridized carbons (Fsp3) is 0.200. The van der Waals surface area contributed by atoms with Crippen molar-refractivity contribution < 1.29 is 40.2 Å². The van der Waals surface area contributed by atoms with Crippen LogP contribution in [0.15, 0.2) is 206 Å². The summed E-state index contributed by atoms with van der Waals surface area (Å²) in [6.45, 7) is 25.4. The van der Waals surface area contributed by atoms with Gasteiger partial charge in [0.15, 0.2) is 0 Å². The normalized spacial score (nSPS) is 15.4. The van der Waals surface area contributed by atoms with Gasteiger partial charge >= 0.3 is 0 Å². The number of benzene rings is 4. The van der Waals surface area contributed by atoms with Crippen LogP contribution in [0, 0.1) is 76.4 Å². The minimum atomic E-state index is 0. The quantitative estimate of drug-likeness (QED) is 0.0674. The van der Waals surface area contributed by atoms with Crippen molar-refractivity contribution in [2.24, 2.45) is 0 Å². The maximum absolute atomic E-state index is 4.31. The molecule has 470 valence electrons. The summed E-state index contributed by atoms with van der Waals surface area (Å²) in [6.07, 6.45) is 26.6. The second-order valence-corrected chi connectivity index (χ2v) is 21.1. The molecule has 14 rings (SSSR count). The number of para-hydroxylation sites is 4. The van der Waals surface area contributed by atoms with E-state index in [4.69, 9.17) is 0 Å². The largest absolute Gasteiger partial charge is 0.508 e. The summed E-state index contributed by atoms with van der Waals surface area (Å²) in [5, 5.41) is 0. The number of fused-ring (bicyclic) bond motifs is 2. The molecule has 6 aliphatic rings. The Morgan fingerprint density at radius 2 is 0.700 bits per heavy atom. The summed E-state index contributed by atoms with van der Waals surface area (Å²) >= 11 is 0. The van der Waals surface area contributed by atoms with Crippen molar-refractivity contribution in [2.75, 3.05) is 79.5 Å². The molecule has 20 heteroatoms. The third-order valence-electron chi connectivity index (χ3n) is 15.2. The van der Waals surface area contributed by atoms with Gasteiger partial charge in [-0.05, 0) is 130 Å². The van der Waals surface area contributed by atoms with Crippen LogP contribution in [0.3, 0.4) is 0 Å². The van der Waals surface area contributed by atoms with Crippen molar-refractivity contribution in [1.29, 1.82) is 0 Å². The van der Waals surface area contributed by atoms with E-state index < -0.39 is 0 Å². The molecule has 8 aromatic rings. The first-order valence-electron chi connectivity index (χ1n) is 29.3. The molecule has 90 heavy (non-hydrogen) atoms. The van der Waals surface area contributed by atoms with Crippen molar-refractivity contribution in [3.05, 3.63) is 283 Å². The second-order valence-electron chi connectivity index (χ2n) is 21.1. The van der Waals surface area contributed by atoms with Gasteiger partial charge in [0.05, 0.1) is 0 Å². The first-order valence-corrected chi connectivity index (χ1v) is 29.3. The van der Waals surface area contributed by atoms with Gasteiger partial charge in [-0.2, -0.15) is 172 Å². The molecule has 0 aliphatic carbocycles. The van der Waals surface area contributed by atoms with E-state index >= 15 is 0 Å². The van der Waals surface area contributed by atoms with Gasteiger partial charge in [-0.25, -0.2) is 19.9 Å². The Morgan fingerprint density at radius 1 is 0.344 bits per heavy atom. The zero-order valence-electron chi connectivity index (χ0n) is 51.2. The van der Waals surface area contributed by atoms with E-state index in [1.165, 1.54) is 22.8 Å². The monoisotopic (exact) mass is 1550 g/mol. The van der Waals surface area contributed by atoms with E-state index in [-0.39, 0.29) is 40.2 Å². The van der Waals surface area contributed by atoms with Gasteiger partial charge in [-0.3, -0.25) is 0 Å². The van der Waals surface area contributed by atoms with Crippen LogP contribution < -0.4 is 39.2 Å². The van der Waals surface area contributed by atoms with Gasteiger partial charge in [-0.15, -0.1) is 36.1 Å². The van der Waals surface area contributed by atoms with Crippen molar-refractivity contribution in [3.63, 3.8) is 0 Å². The summed E-state index contributed by atoms with van der Waals surface area (Å²) in [5.41, 5.74) is 11.2. The van der Waals surface area contributed by atoms with Gasteiger partial charge in [0, 0.05) is 76.4 Å². The molecule has 2 radical (unpaired) electrons. The number of hydrogen-bond donors (Lipinski definition) is 0. The maximum Gasteiger partial charge on any atom is 0.144 e. The van der Waals surface area contributed by atoms with Crippen molar-refractivity contribution in [2.45, 2.75) is 53.4 Å². The second kappa shape index (κ2) is 32.1. The van der Waals surface area contributed by atoms with Gasteiger partial charge in [-0.1, -0.05) is 36.2 Å². The van der Waals surface area contributed by atoms with Gasteiger partial charge in [0.2, 0.25) is 0 Å². The predicted molar refractivity (Wildman–Crippen MR) is 348 cm³/mol. The molecule has 4 aromatic carbocycles. The molecular formula is C70H70Ir2N18-12. The average molecular weight is 1550 g/mol. The molecular weight excluding hydrogens is 1480 g/mol. The molecule has 0 N–H and O–H groups in total. The molecule has 0 amide bonds. The molecule has 4 aromatic heterocycles. The van der Waals surface area contributed by atoms with Crippen LogP contribution in [0.1, 0.15) is 53.4 Å². The topological polar surface area (TPSA) is 116 Å². The average Bonchev–Trinajstić information content (AvgIpc) is 1.97. The van der Waals surface area contributed by atoms with Crippen LogP contribution in [0.4, 0.5) is 57.4 Å². The zero-order chi connectivity index (χ0) is 60.6. The van der Waals surface area contributed by atoms with E-state index in [2.05, 4.69) is 221 Å². The number of aromatic nitrogens is 6. The van der Waals surface area contributed by atoms with Crippen molar-refractivity contribution >= 4 is 57.4 Å². The molecule has 10 heterocycles. The number of allylic oxidation sites excluding steroid dienone is 4. The summed E-state index contributed by atoms with van der Waals surface area (Å²) in [7, 11) is 3.87. The summed E-state index contributed by atoms with van der Waals surface area (Å²) in [4.78, 5) is 50.8. The van der Waals surface area contributed by atoms with Gasteiger partial charge < -0.3 is 68.8 Å². The third kappa shape index (κ3) is 16.1. The Morgan fingerprint density at radius 3 is 1.06 bits per heavy atom. The van der Waals surface area contributed by atoms with E-state index in [0.29, 0.717) is 0 Å². The Bertz CT molecular complexity index is 3370. The van der Waals surface area contributed by atoms with Crippen LogP contribution in [0.2, 0.25) is 0 Å². The Hall–Kier alpha value is -8.80. The summed E-state index contributed by atoms with van der Waals surface area (Å²) in [6, 6.07) is 55.2. The fourth-order valence-electron chi connectivity index (χ4n) is 10.3. The van der Waals surface area contributed by atoms with Crippen molar-refractivity contribution in [1.82, 2.24) is 49.5 Å². The number of anilines is 10. The standard InChI is InChI=1S/C26H30N4.C22H22N4.2C11H9N5.2Ir/c1-21-23(3)29(25-13-7-5-8-14-25)19-27(21)17-11-12-18-28-20-30(24(4)22(28)2)26-15-9-6-10-16-26;1-3-9-21(10-4-1)25-17-15-23(19-25)13-7-8-14-24-16-18-26(20-24)22-11-5-2-6-12-22;2*1-15-8-16(9-3-2-4-12-7-9)11-10(15)13-5-6-14-11;;/h5-10,13,15,19-20H,11-12,17-18H2,1-4H3;1-6,9,11,15-20H,7-8,13-14H2;2*2,4-8H,1H3;;/q2*-4;2*-2;;. The number of rotatable bonds is 16. The summed E-state index contributed by atoms with van der Waals surface area (Å²) < 4.78 is 0. The molecule has 0 saturated heterocycles. The van der Waals surface area contributed by atoms with Crippen LogP contribution >= 0.6 is 0 Å².